The molecule has 34 heavy (non-hydrogen) atoms. The summed E-state index contributed by atoms with van der Waals surface area (Å²) < 4.78 is 29.5. The molecule has 4 aliphatic rings. The highest BCUT2D eigenvalue weighted by atomic mass is 19.1. The number of anilines is 1. The molecule has 8 heteroatoms. The van der Waals surface area contributed by atoms with E-state index in [0.717, 1.165) is 66.8 Å². The van der Waals surface area contributed by atoms with Crippen molar-refractivity contribution in [3.8, 4) is 17.0 Å². The molecule has 2 saturated heterocycles. The summed E-state index contributed by atoms with van der Waals surface area (Å²) in [6.45, 7) is 1.92. The van der Waals surface area contributed by atoms with Crippen LogP contribution in [0.3, 0.4) is 0 Å². The molecular formula is C26H35FN4O3. The average Bonchev–Trinajstić information content (AvgIpc) is 3.61. The highest BCUT2D eigenvalue weighted by Gasteiger charge is 2.38. The van der Waals surface area contributed by atoms with Crippen molar-refractivity contribution in [2.75, 3.05) is 39.8 Å². The number of rotatable bonds is 5. The molecule has 184 valence electrons. The second-order valence-corrected chi connectivity index (χ2v) is 9.94. The Balaban J connectivity index is 0.000000257. The van der Waals surface area contributed by atoms with E-state index >= 15 is 0 Å². The van der Waals surface area contributed by atoms with Gasteiger partial charge in [0.05, 0.1) is 12.2 Å². The fourth-order valence-corrected chi connectivity index (χ4v) is 5.33. The number of hydrogen-bond donors (Lipinski definition) is 1. The Labute approximate surface area is 200 Å². The number of alkyl halides is 1. The maximum Gasteiger partial charge on any atom is 0.188 e. The molecule has 1 aliphatic carbocycles. The lowest BCUT2D eigenvalue weighted by Crippen LogP contribution is -2.32. The second kappa shape index (κ2) is 10.1. The molecule has 2 bridgehead atoms. The first-order valence-electron chi connectivity index (χ1n) is 12.4. The third-order valence-electron chi connectivity index (χ3n) is 7.21. The van der Waals surface area contributed by atoms with Gasteiger partial charge < -0.3 is 24.8 Å². The quantitative estimate of drug-likeness (QED) is 0.648. The number of methoxy groups -OCH3 is 1. The van der Waals surface area contributed by atoms with Crippen molar-refractivity contribution in [2.45, 2.75) is 69.2 Å². The largest absolute Gasteiger partial charge is 0.467 e. The Bertz CT molecular complexity index is 1010. The number of aromatic nitrogens is 2. The molecule has 6 rings (SSSR count). The number of hydrogen-bond acceptors (Lipinski definition) is 7. The van der Waals surface area contributed by atoms with E-state index in [1.165, 1.54) is 18.4 Å². The Morgan fingerprint density at radius 3 is 2.74 bits per heavy atom. The zero-order valence-electron chi connectivity index (χ0n) is 20.1. The summed E-state index contributed by atoms with van der Waals surface area (Å²) in [5.74, 6) is 1.95. The molecule has 3 atom stereocenters. The number of fused-ring (bicyclic) bond motifs is 4. The predicted octanol–water partition coefficient (Wildman–Crippen LogP) is 4.41. The minimum Gasteiger partial charge on any atom is -0.467 e. The summed E-state index contributed by atoms with van der Waals surface area (Å²) >= 11 is 0. The van der Waals surface area contributed by atoms with E-state index in [0.29, 0.717) is 18.3 Å². The van der Waals surface area contributed by atoms with Crippen LogP contribution in [0, 0.1) is 0 Å². The fraction of sp³-hybridized carbons (Fsp3) is 0.615. The molecule has 0 radical (unpaired) electrons. The highest BCUT2D eigenvalue weighted by Crippen LogP contribution is 2.47. The molecule has 2 aromatic rings. The normalized spacial score (nSPS) is 25.9. The molecule has 4 heterocycles. The van der Waals surface area contributed by atoms with Crippen molar-refractivity contribution in [2.24, 2.45) is 0 Å². The van der Waals surface area contributed by atoms with Crippen LogP contribution in [-0.4, -0.2) is 61.4 Å². The molecule has 0 spiro atoms. The van der Waals surface area contributed by atoms with E-state index in [-0.39, 0.29) is 19.0 Å². The van der Waals surface area contributed by atoms with Gasteiger partial charge in [-0.3, -0.25) is 0 Å². The zero-order valence-corrected chi connectivity index (χ0v) is 20.1. The first kappa shape index (κ1) is 23.5. The molecule has 1 aromatic carbocycles. The number of halogens is 1. The Kier molecular flexibility index (Phi) is 6.99. The molecule has 1 saturated carbocycles. The number of nitrogen functional groups attached to an aromatic ring is 1. The Morgan fingerprint density at radius 1 is 1.18 bits per heavy atom. The lowest BCUT2D eigenvalue weighted by atomic mass is 9.93. The number of likely N-dealkylation sites (tertiary alicyclic amines) is 1. The molecule has 3 aliphatic heterocycles. The number of benzene rings is 1. The maximum absolute atomic E-state index is 12.4. The van der Waals surface area contributed by atoms with Crippen LogP contribution >= 0.6 is 0 Å². The zero-order chi connectivity index (χ0) is 23.7. The van der Waals surface area contributed by atoms with Gasteiger partial charge in [0.1, 0.15) is 17.6 Å². The van der Waals surface area contributed by atoms with Crippen LogP contribution in [0.5, 0.6) is 5.75 Å². The third-order valence-corrected chi connectivity index (χ3v) is 7.21. The van der Waals surface area contributed by atoms with Crippen molar-refractivity contribution in [3.05, 3.63) is 34.9 Å². The van der Waals surface area contributed by atoms with E-state index < -0.39 is 6.17 Å². The topological polar surface area (TPSA) is 82.7 Å². The van der Waals surface area contributed by atoms with Gasteiger partial charge in [-0.15, -0.1) is 10.2 Å². The Morgan fingerprint density at radius 2 is 2.03 bits per heavy atom. The number of nitrogens with two attached hydrogens (primary N) is 1. The van der Waals surface area contributed by atoms with Crippen molar-refractivity contribution in [3.63, 3.8) is 0 Å². The van der Waals surface area contributed by atoms with Crippen molar-refractivity contribution in [1.29, 1.82) is 0 Å². The standard InChI is InChI=1S/C20H23N3O3.C6H12FN/c1-24-10-25-17-8-12(11-2-3-11)4-6-14(17)19-15-9-13-5-7-16(26-13)18(15)20(21)23-22-19;1-8-4-2-3-6(7)5-8/h4,6,8,11,13,16H,2-3,5,7,9-10H2,1H3,(H2,21,23);6H,2-5H2,1H3. The van der Waals surface area contributed by atoms with E-state index in [2.05, 4.69) is 28.4 Å². The second-order valence-electron chi connectivity index (χ2n) is 9.94. The summed E-state index contributed by atoms with van der Waals surface area (Å²) in [4.78, 5) is 2.04. The van der Waals surface area contributed by atoms with Crippen LogP contribution in [-0.2, 0) is 15.9 Å². The van der Waals surface area contributed by atoms with E-state index in [1.54, 1.807) is 7.11 Å². The van der Waals surface area contributed by atoms with Gasteiger partial charge in [-0.25, -0.2) is 4.39 Å². The first-order chi connectivity index (χ1) is 16.5. The SMILES string of the molecule is CN1CCCC(F)C1.COCOc1cc(C2CC2)ccc1-c1nnc(N)c2c1CC1CCC2O1. The number of ether oxygens (including phenoxy) is 3. The minimum absolute atomic E-state index is 0.0482. The van der Waals surface area contributed by atoms with Crippen molar-refractivity contribution in [1.82, 2.24) is 15.1 Å². The molecule has 2 N–H and O–H groups in total. The summed E-state index contributed by atoms with van der Waals surface area (Å²) in [5.41, 5.74) is 11.5. The summed E-state index contributed by atoms with van der Waals surface area (Å²) in [7, 11) is 3.59. The van der Waals surface area contributed by atoms with Crippen LogP contribution in [0.25, 0.3) is 11.3 Å². The van der Waals surface area contributed by atoms with Crippen molar-refractivity contribution >= 4 is 5.82 Å². The molecule has 1 aromatic heterocycles. The van der Waals surface area contributed by atoms with E-state index in [1.807, 2.05) is 11.9 Å². The molecule has 3 unspecified atom stereocenters. The molecule has 3 fully saturated rings. The summed E-state index contributed by atoms with van der Waals surface area (Å²) in [6.07, 6.45) is 6.93. The van der Waals surface area contributed by atoms with Crippen LogP contribution in [0.4, 0.5) is 10.2 Å². The van der Waals surface area contributed by atoms with E-state index in [9.17, 15) is 4.39 Å². The minimum atomic E-state index is -0.561. The van der Waals surface area contributed by atoms with Crippen LogP contribution < -0.4 is 10.5 Å². The van der Waals surface area contributed by atoms with Gasteiger partial charge in [0.15, 0.2) is 12.6 Å². The van der Waals surface area contributed by atoms with Gasteiger partial charge >= 0.3 is 0 Å². The van der Waals surface area contributed by atoms with Crippen LogP contribution in [0.15, 0.2) is 18.2 Å². The lowest BCUT2D eigenvalue weighted by molar-refractivity contribution is 0.0326. The first-order valence-corrected chi connectivity index (χ1v) is 12.4. The predicted molar refractivity (Wildman–Crippen MR) is 129 cm³/mol. The van der Waals surface area contributed by atoms with E-state index in [4.69, 9.17) is 19.9 Å². The highest BCUT2D eigenvalue weighted by molar-refractivity contribution is 5.73. The van der Waals surface area contributed by atoms with Crippen LogP contribution in [0.1, 0.15) is 67.2 Å². The fourth-order valence-electron chi connectivity index (χ4n) is 5.33. The van der Waals surface area contributed by atoms with Gasteiger partial charge in [-0.1, -0.05) is 6.07 Å². The summed E-state index contributed by atoms with van der Waals surface area (Å²) in [5, 5.41) is 8.70. The van der Waals surface area contributed by atoms with Gasteiger partial charge in [0.25, 0.3) is 0 Å². The average molecular weight is 471 g/mol. The van der Waals surface area contributed by atoms with Gasteiger partial charge in [0.2, 0.25) is 0 Å². The van der Waals surface area contributed by atoms with Crippen LogP contribution in [0.2, 0.25) is 0 Å². The Hall–Kier alpha value is -2.29. The van der Waals surface area contributed by atoms with Gasteiger partial charge in [-0.05, 0) is 81.3 Å². The smallest absolute Gasteiger partial charge is 0.188 e. The lowest BCUT2D eigenvalue weighted by Gasteiger charge is -2.26. The third kappa shape index (κ3) is 5.04. The molecule has 7 nitrogen and oxygen atoms in total. The maximum atomic E-state index is 12.4. The number of nitrogens with zero attached hydrogens (tertiary/aromatic N) is 3. The van der Waals surface area contributed by atoms with Gasteiger partial charge in [0, 0.05) is 31.2 Å². The molecular weight excluding hydrogens is 435 g/mol. The summed E-state index contributed by atoms with van der Waals surface area (Å²) in [6, 6.07) is 6.42. The van der Waals surface area contributed by atoms with Crippen molar-refractivity contribution < 1.29 is 18.6 Å². The monoisotopic (exact) mass is 470 g/mol. The van der Waals surface area contributed by atoms with Gasteiger partial charge in [-0.2, -0.15) is 0 Å². The number of piperidine rings is 1. The molecule has 0 amide bonds.